The summed E-state index contributed by atoms with van der Waals surface area (Å²) in [6, 6.07) is 5.81. The van der Waals surface area contributed by atoms with E-state index in [4.69, 9.17) is 11.6 Å². The molecule has 2 aromatic rings. The van der Waals surface area contributed by atoms with E-state index >= 15 is 0 Å². The van der Waals surface area contributed by atoms with Gasteiger partial charge in [0, 0.05) is 31.5 Å². The number of halogens is 2. The molecule has 1 saturated heterocycles. The standard InChI is InChI=1S/C18H21ClFN5O/c1-12(13-3-4-16(20)15(19)11-13)23-18(26)24-14-5-9-25(10-6-14)17-21-7-2-8-22-17/h2-4,7-8,11-12,14H,5-6,9-10H2,1H3,(H2,23,24,26)/t12-/m0/s1. The van der Waals surface area contributed by atoms with Crippen LogP contribution in [0.15, 0.2) is 36.7 Å². The molecule has 2 N–H and O–H groups in total. The SMILES string of the molecule is C[C@H](NC(=O)NC1CCN(c2ncccn2)CC1)c1ccc(F)c(Cl)c1. The van der Waals surface area contributed by atoms with Gasteiger partial charge in [-0.2, -0.15) is 0 Å². The van der Waals surface area contributed by atoms with Crippen molar-refractivity contribution in [1.29, 1.82) is 0 Å². The molecule has 1 atom stereocenters. The highest BCUT2D eigenvalue weighted by atomic mass is 35.5. The van der Waals surface area contributed by atoms with Crippen molar-refractivity contribution in [3.63, 3.8) is 0 Å². The van der Waals surface area contributed by atoms with Crippen LogP contribution in [0.4, 0.5) is 15.1 Å². The average Bonchev–Trinajstić information content (AvgIpc) is 2.65. The van der Waals surface area contributed by atoms with Crippen molar-refractivity contribution in [3.05, 3.63) is 53.1 Å². The molecular weight excluding hydrogens is 357 g/mol. The van der Waals surface area contributed by atoms with Crippen molar-refractivity contribution >= 4 is 23.6 Å². The Labute approximate surface area is 156 Å². The van der Waals surface area contributed by atoms with E-state index in [1.165, 1.54) is 12.1 Å². The molecule has 0 saturated carbocycles. The first-order valence-corrected chi connectivity index (χ1v) is 8.94. The fourth-order valence-corrected chi connectivity index (χ4v) is 3.16. The Morgan fingerprint density at radius 3 is 2.65 bits per heavy atom. The Morgan fingerprint density at radius 1 is 1.31 bits per heavy atom. The largest absolute Gasteiger partial charge is 0.341 e. The number of urea groups is 1. The van der Waals surface area contributed by atoms with Gasteiger partial charge in [-0.1, -0.05) is 17.7 Å². The first kappa shape index (κ1) is 18.4. The maximum absolute atomic E-state index is 13.2. The molecule has 26 heavy (non-hydrogen) atoms. The van der Waals surface area contributed by atoms with Crippen LogP contribution in [0.3, 0.4) is 0 Å². The lowest BCUT2D eigenvalue weighted by molar-refractivity contribution is 0.231. The summed E-state index contributed by atoms with van der Waals surface area (Å²) >= 11 is 5.80. The van der Waals surface area contributed by atoms with E-state index in [0.29, 0.717) is 0 Å². The summed E-state index contributed by atoms with van der Waals surface area (Å²) in [5, 5.41) is 5.90. The van der Waals surface area contributed by atoms with E-state index in [0.717, 1.165) is 37.4 Å². The first-order chi connectivity index (χ1) is 12.5. The third kappa shape index (κ3) is 4.60. The second-order valence-corrected chi connectivity index (χ2v) is 6.73. The molecule has 1 aliphatic rings. The van der Waals surface area contributed by atoms with Crippen LogP contribution in [0.25, 0.3) is 0 Å². The smallest absolute Gasteiger partial charge is 0.315 e. The van der Waals surface area contributed by atoms with Crippen LogP contribution < -0.4 is 15.5 Å². The van der Waals surface area contributed by atoms with E-state index in [-0.39, 0.29) is 23.1 Å². The van der Waals surface area contributed by atoms with E-state index in [1.807, 2.05) is 6.92 Å². The normalized spacial score (nSPS) is 16.2. The van der Waals surface area contributed by atoms with Crippen molar-refractivity contribution in [2.45, 2.75) is 31.8 Å². The number of benzene rings is 1. The second kappa shape index (κ2) is 8.31. The van der Waals surface area contributed by atoms with Crippen molar-refractivity contribution in [1.82, 2.24) is 20.6 Å². The number of aromatic nitrogens is 2. The molecule has 0 bridgehead atoms. The van der Waals surface area contributed by atoms with Gasteiger partial charge in [-0.3, -0.25) is 0 Å². The van der Waals surface area contributed by atoms with Gasteiger partial charge in [0.05, 0.1) is 11.1 Å². The van der Waals surface area contributed by atoms with Crippen LogP contribution in [0, 0.1) is 5.82 Å². The van der Waals surface area contributed by atoms with Gasteiger partial charge < -0.3 is 15.5 Å². The number of anilines is 1. The summed E-state index contributed by atoms with van der Waals surface area (Å²) < 4.78 is 13.2. The number of hydrogen-bond acceptors (Lipinski definition) is 4. The zero-order valence-corrected chi connectivity index (χ0v) is 15.2. The molecule has 1 aromatic heterocycles. The quantitative estimate of drug-likeness (QED) is 0.857. The van der Waals surface area contributed by atoms with Crippen LogP contribution in [0.1, 0.15) is 31.4 Å². The molecule has 0 aliphatic carbocycles. The van der Waals surface area contributed by atoms with Crippen molar-refractivity contribution in [3.8, 4) is 0 Å². The highest BCUT2D eigenvalue weighted by molar-refractivity contribution is 6.30. The average molecular weight is 378 g/mol. The summed E-state index contributed by atoms with van der Waals surface area (Å²) in [6.45, 7) is 3.41. The Bertz CT molecular complexity index is 753. The van der Waals surface area contributed by atoms with Crippen LogP contribution in [0.5, 0.6) is 0 Å². The summed E-state index contributed by atoms with van der Waals surface area (Å²) in [6.07, 6.45) is 5.09. The highest BCUT2D eigenvalue weighted by Crippen LogP contribution is 2.21. The maximum Gasteiger partial charge on any atom is 0.315 e. The molecule has 0 unspecified atom stereocenters. The van der Waals surface area contributed by atoms with Crippen molar-refractivity contribution < 1.29 is 9.18 Å². The number of nitrogens with zero attached hydrogens (tertiary/aromatic N) is 3. The highest BCUT2D eigenvalue weighted by Gasteiger charge is 2.22. The third-order valence-corrected chi connectivity index (χ3v) is 4.75. The Kier molecular flexibility index (Phi) is 5.88. The maximum atomic E-state index is 13.2. The number of piperidine rings is 1. The van der Waals surface area contributed by atoms with E-state index in [9.17, 15) is 9.18 Å². The fourth-order valence-electron chi connectivity index (χ4n) is 2.97. The van der Waals surface area contributed by atoms with Gasteiger partial charge in [0.2, 0.25) is 5.95 Å². The molecule has 0 radical (unpaired) electrons. The lowest BCUT2D eigenvalue weighted by Crippen LogP contribution is -2.48. The van der Waals surface area contributed by atoms with Crippen LogP contribution in [0.2, 0.25) is 5.02 Å². The minimum absolute atomic E-state index is 0.0482. The number of carbonyl (C=O) groups is 1. The topological polar surface area (TPSA) is 70.2 Å². The molecule has 8 heteroatoms. The monoisotopic (exact) mass is 377 g/mol. The fraction of sp³-hybridized carbons (Fsp3) is 0.389. The van der Waals surface area contributed by atoms with Gasteiger partial charge in [0.15, 0.2) is 0 Å². The zero-order valence-electron chi connectivity index (χ0n) is 14.5. The number of amides is 2. The molecule has 3 rings (SSSR count). The number of nitrogens with one attached hydrogen (secondary N) is 2. The molecule has 2 heterocycles. The van der Waals surface area contributed by atoms with Crippen LogP contribution >= 0.6 is 11.6 Å². The number of hydrogen-bond donors (Lipinski definition) is 2. The summed E-state index contributed by atoms with van der Waals surface area (Å²) in [5.74, 6) is 0.249. The lowest BCUT2D eigenvalue weighted by atomic mass is 10.1. The van der Waals surface area contributed by atoms with Crippen molar-refractivity contribution in [2.24, 2.45) is 0 Å². The first-order valence-electron chi connectivity index (χ1n) is 8.57. The summed E-state index contributed by atoms with van der Waals surface area (Å²) in [4.78, 5) is 22.8. The Morgan fingerprint density at radius 2 is 2.00 bits per heavy atom. The van der Waals surface area contributed by atoms with Gasteiger partial charge in [-0.15, -0.1) is 0 Å². The van der Waals surface area contributed by atoms with Gasteiger partial charge in [0.1, 0.15) is 5.82 Å². The van der Waals surface area contributed by atoms with Crippen LogP contribution in [-0.2, 0) is 0 Å². The van der Waals surface area contributed by atoms with Crippen molar-refractivity contribution in [2.75, 3.05) is 18.0 Å². The molecule has 1 aliphatic heterocycles. The Balaban J connectivity index is 1.47. The molecule has 6 nitrogen and oxygen atoms in total. The van der Waals surface area contributed by atoms with E-state index in [1.54, 1.807) is 24.5 Å². The van der Waals surface area contributed by atoms with E-state index in [2.05, 4.69) is 25.5 Å². The summed E-state index contributed by atoms with van der Waals surface area (Å²) in [5.41, 5.74) is 0.752. The lowest BCUT2D eigenvalue weighted by Gasteiger charge is -2.32. The minimum atomic E-state index is -0.471. The van der Waals surface area contributed by atoms with E-state index < -0.39 is 5.82 Å². The van der Waals surface area contributed by atoms with Gasteiger partial charge in [0.25, 0.3) is 0 Å². The molecule has 1 fully saturated rings. The van der Waals surface area contributed by atoms with Gasteiger partial charge in [-0.25, -0.2) is 19.2 Å². The molecule has 2 amide bonds. The molecule has 1 aromatic carbocycles. The predicted molar refractivity (Wildman–Crippen MR) is 98.8 cm³/mol. The zero-order chi connectivity index (χ0) is 18.5. The third-order valence-electron chi connectivity index (χ3n) is 4.46. The summed E-state index contributed by atoms with van der Waals surface area (Å²) in [7, 11) is 0. The predicted octanol–water partition coefficient (Wildman–Crippen LogP) is 3.30. The molecular formula is C18H21ClFN5O. The number of rotatable bonds is 4. The van der Waals surface area contributed by atoms with Gasteiger partial charge in [-0.05, 0) is 43.5 Å². The van der Waals surface area contributed by atoms with Crippen LogP contribution in [-0.4, -0.2) is 35.1 Å². The molecule has 0 spiro atoms. The van der Waals surface area contributed by atoms with Gasteiger partial charge >= 0.3 is 6.03 Å². The number of carbonyl (C=O) groups excluding carboxylic acids is 1. The minimum Gasteiger partial charge on any atom is -0.341 e. The molecule has 138 valence electrons. The second-order valence-electron chi connectivity index (χ2n) is 6.32. The Hall–Kier alpha value is -2.41.